The van der Waals surface area contributed by atoms with Crippen LogP contribution in [-0.4, -0.2) is 55.7 Å². The number of benzene rings is 1. The summed E-state index contributed by atoms with van der Waals surface area (Å²) in [6.45, 7) is 5.21. The van der Waals surface area contributed by atoms with Crippen molar-refractivity contribution in [2.45, 2.75) is 25.0 Å². The van der Waals surface area contributed by atoms with Crippen molar-refractivity contribution in [3.05, 3.63) is 29.8 Å². The average Bonchev–Trinajstić information content (AvgIpc) is 2.81. The van der Waals surface area contributed by atoms with Gasteiger partial charge in [0, 0.05) is 24.7 Å². The Morgan fingerprint density at radius 1 is 1.25 bits per heavy atom. The minimum atomic E-state index is 0.0491. The van der Waals surface area contributed by atoms with Crippen LogP contribution < -0.4 is 10.5 Å². The highest BCUT2D eigenvalue weighted by molar-refractivity contribution is 5.38. The lowest BCUT2D eigenvalue weighted by Crippen LogP contribution is -2.48. The van der Waals surface area contributed by atoms with Crippen LogP contribution in [0.3, 0.4) is 0 Å². The Morgan fingerprint density at radius 2 is 2.00 bits per heavy atom. The molecule has 1 fully saturated rings. The van der Waals surface area contributed by atoms with Gasteiger partial charge in [0.1, 0.15) is 12.4 Å². The summed E-state index contributed by atoms with van der Waals surface area (Å²) in [5, 5.41) is 0. The van der Waals surface area contributed by atoms with Crippen molar-refractivity contribution in [2.75, 3.05) is 33.8 Å². The molecule has 0 aromatic heterocycles. The van der Waals surface area contributed by atoms with Crippen molar-refractivity contribution in [1.82, 2.24) is 9.80 Å². The monoisotopic (exact) mass is 275 g/mol. The van der Waals surface area contributed by atoms with Crippen molar-refractivity contribution in [3.63, 3.8) is 0 Å². The second kappa shape index (κ2) is 5.35. The largest absolute Gasteiger partial charge is 0.492 e. The summed E-state index contributed by atoms with van der Waals surface area (Å²) >= 11 is 0. The van der Waals surface area contributed by atoms with E-state index < -0.39 is 0 Å². The van der Waals surface area contributed by atoms with Gasteiger partial charge in [-0.2, -0.15) is 0 Å². The van der Waals surface area contributed by atoms with Crippen LogP contribution in [0.1, 0.15) is 18.5 Å². The zero-order valence-corrected chi connectivity index (χ0v) is 12.6. The van der Waals surface area contributed by atoms with E-state index in [4.69, 9.17) is 10.5 Å². The van der Waals surface area contributed by atoms with E-state index >= 15 is 0 Å². The van der Waals surface area contributed by atoms with Gasteiger partial charge in [-0.05, 0) is 26.1 Å². The minimum absolute atomic E-state index is 0.0491. The first-order valence-corrected chi connectivity index (χ1v) is 7.45. The number of nitrogens with zero attached hydrogens (tertiary/aromatic N) is 2. The Balaban J connectivity index is 1.77. The fourth-order valence-corrected chi connectivity index (χ4v) is 3.64. The Morgan fingerprint density at radius 3 is 2.70 bits per heavy atom. The molecule has 4 nitrogen and oxygen atoms in total. The summed E-state index contributed by atoms with van der Waals surface area (Å²) in [5.74, 6) is 1.63. The lowest BCUT2D eigenvalue weighted by molar-refractivity contribution is 0.111. The molecule has 0 aliphatic carbocycles. The van der Waals surface area contributed by atoms with E-state index in [2.05, 4.69) is 36.9 Å². The highest BCUT2D eigenvalue weighted by Gasteiger charge is 2.39. The van der Waals surface area contributed by atoms with E-state index in [0.717, 1.165) is 24.4 Å². The van der Waals surface area contributed by atoms with Crippen molar-refractivity contribution in [2.24, 2.45) is 11.7 Å². The number of para-hydroxylation sites is 1. The first kappa shape index (κ1) is 13.9. The number of ether oxygens (including phenoxy) is 1. The molecule has 0 saturated carbocycles. The lowest BCUT2D eigenvalue weighted by atomic mass is 9.96. The van der Waals surface area contributed by atoms with Gasteiger partial charge in [-0.1, -0.05) is 25.1 Å². The fraction of sp³-hybridized carbons (Fsp3) is 0.625. The molecule has 3 rings (SSSR count). The highest BCUT2D eigenvalue weighted by atomic mass is 16.5. The van der Waals surface area contributed by atoms with Crippen molar-refractivity contribution < 1.29 is 4.74 Å². The predicted octanol–water partition coefficient (Wildman–Crippen LogP) is 1.33. The average molecular weight is 275 g/mol. The molecule has 4 heteroatoms. The fourth-order valence-electron chi connectivity index (χ4n) is 3.64. The SMILES string of the molecule is CC1CN(C2COc3ccccc3C2N)CC1N(C)C. The molecule has 4 unspecified atom stereocenters. The number of nitrogens with two attached hydrogens (primary N) is 1. The quantitative estimate of drug-likeness (QED) is 0.884. The van der Waals surface area contributed by atoms with Crippen LogP contribution in [0.15, 0.2) is 24.3 Å². The second-order valence-corrected chi connectivity index (χ2v) is 6.40. The molecule has 2 N–H and O–H groups in total. The number of fused-ring (bicyclic) bond motifs is 1. The molecule has 20 heavy (non-hydrogen) atoms. The molecule has 4 atom stereocenters. The number of likely N-dealkylation sites (tertiary alicyclic amines) is 1. The molecule has 0 radical (unpaired) electrons. The molecule has 0 amide bonds. The Hall–Kier alpha value is -1.10. The third-order valence-corrected chi connectivity index (χ3v) is 4.84. The van der Waals surface area contributed by atoms with Gasteiger partial charge in [0.2, 0.25) is 0 Å². The smallest absolute Gasteiger partial charge is 0.124 e. The molecule has 1 aromatic carbocycles. The summed E-state index contributed by atoms with van der Waals surface area (Å²) in [6.07, 6.45) is 0. The molecule has 0 spiro atoms. The maximum Gasteiger partial charge on any atom is 0.124 e. The molecule has 2 aliphatic rings. The molecule has 110 valence electrons. The van der Waals surface area contributed by atoms with Crippen LogP contribution in [0.25, 0.3) is 0 Å². The van der Waals surface area contributed by atoms with Gasteiger partial charge >= 0.3 is 0 Å². The highest BCUT2D eigenvalue weighted by Crippen LogP contribution is 2.34. The Bertz CT molecular complexity index is 477. The first-order chi connectivity index (χ1) is 9.58. The topological polar surface area (TPSA) is 41.7 Å². The number of hydrogen-bond donors (Lipinski definition) is 1. The number of hydrogen-bond acceptors (Lipinski definition) is 4. The normalized spacial score (nSPS) is 34.0. The van der Waals surface area contributed by atoms with E-state index in [0.29, 0.717) is 18.6 Å². The zero-order chi connectivity index (χ0) is 14.3. The van der Waals surface area contributed by atoms with E-state index in [-0.39, 0.29) is 12.1 Å². The van der Waals surface area contributed by atoms with E-state index in [1.807, 2.05) is 18.2 Å². The van der Waals surface area contributed by atoms with Gasteiger partial charge in [-0.3, -0.25) is 4.90 Å². The van der Waals surface area contributed by atoms with E-state index in [1.165, 1.54) is 0 Å². The molecular formula is C16H25N3O. The maximum absolute atomic E-state index is 6.50. The third-order valence-electron chi connectivity index (χ3n) is 4.84. The van der Waals surface area contributed by atoms with Crippen LogP contribution in [0.2, 0.25) is 0 Å². The number of likely N-dealkylation sites (N-methyl/N-ethyl adjacent to an activating group) is 1. The summed E-state index contributed by atoms with van der Waals surface area (Å²) in [4.78, 5) is 4.84. The molecule has 0 bridgehead atoms. The van der Waals surface area contributed by atoms with Crippen LogP contribution >= 0.6 is 0 Å². The van der Waals surface area contributed by atoms with Gasteiger partial charge in [0.05, 0.1) is 12.1 Å². The van der Waals surface area contributed by atoms with Gasteiger partial charge < -0.3 is 15.4 Å². The van der Waals surface area contributed by atoms with Crippen LogP contribution in [0.4, 0.5) is 0 Å². The van der Waals surface area contributed by atoms with Crippen molar-refractivity contribution in [1.29, 1.82) is 0 Å². The lowest BCUT2D eigenvalue weighted by Gasteiger charge is -2.37. The van der Waals surface area contributed by atoms with Gasteiger partial charge in [0.15, 0.2) is 0 Å². The van der Waals surface area contributed by atoms with Crippen molar-refractivity contribution >= 4 is 0 Å². The van der Waals surface area contributed by atoms with Crippen LogP contribution in [0, 0.1) is 5.92 Å². The Labute approximate surface area is 121 Å². The van der Waals surface area contributed by atoms with Crippen LogP contribution in [0.5, 0.6) is 5.75 Å². The molecule has 1 saturated heterocycles. The minimum Gasteiger partial charge on any atom is -0.492 e. The molecule has 1 aromatic rings. The van der Waals surface area contributed by atoms with Gasteiger partial charge in [-0.15, -0.1) is 0 Å². The second-order valence-electron chi connectivity index (χ2n) is 6.40. The first-order valence-electron chi connectivity index (χ1n) is 7.45. The molecule has 2 heterocycles. The number of rotatable bonds is 2. The molecular weight excluding hydrogens is 250 g/mol. The Kier molecular flexibility index (Phi) is 3.71. The third kappa shape index (κ3) is 2.32. The van der Waals surface area contributed by atoms with E-state index in [1.54, 1.807) is 0 Å². The summed E-state index contributed by atoms with van der Waals surface area (Å²) < 4.78 is 5.91. The van der Waals surface area contributed by atoms with E-state index in [9.17, 15) is 0 Å². The standard InChI is InChI=1S/C16H25N3O/c1-11-8-19(9-13(11)18(2)3)14-10-20-15-7-5-4-6-12(15)16(14)17/h4-7,11,13-14,16H,8-10,17H2,1-3H3. The van der Waals surface area contributed by atoms with Gasteiger partial charge in [0.25, 0.3) is 0 Å². The molecule has 2 aliphatic heterocycles. The van der Waals surface area contributed by atoms with Crippen molar-refractivity contribution in [3.8, 4) is 5.75 Å². The maximum atomic E-state index is 6.50. The summed E-state index contributed by atoms with van der Waals surface area (Å²) in [7, 11) is 4.33. The van der Waals surface area contributed by atoms with Crippen LogP contribution in [-0.2, 0) is 0 Å². The van der Waals surface area contributed by atoms with Gasteiger partial charge in [-0.25, -0.2) is 0 Å². The summed E-state index contributed by atoms with van der Waals surface area (Å²) in [6, 6.07) is 9.10. The zero-order valence-electron chi connectivity index (χ0n) is 12.6. The predicted molar refractivity (Wildman–Crippen MR) is 80.9 cm³/mol. The summed E-state index contributed by atoms with van der Waals surface area (Å²) in [5.41, 5.74) is 7.65.